The zero-order chi connectivity index (χ0) is 22.0. The monoisotopic (exact) mass is 451 g/mol. The van der Waals surface area contributed by atoms with Gasteiger partial charge in [-0.05, 0) is 48.0 Å². The second-order valence-electron chi connectivity index (χ2n) is 6.87. The number of carbonyl (C=O) groups is 1. The van der Waals surface area contributed by atoms with Crippen molar-refractivity contribution < 1.29 is 17.9 Å². The van der Waals surface area contributed by atoms with Gasteiger partial charge in [0, 0.05) is 11.9 Å². The molecule has 5 nitrogen and oxygen atoms in total. The molecule has 3 aromatic carbocycles. The van der Waals surface area contributed by atoms with E-state index in [1.807, 2.05) is 30.1 Å². The topological polar surface area (TPSA) is 63.7 Å². The zero-order valence-electron chi connectivity index (χ0n) is 17.1. The molecule has 1 heterocycles. The molecule has 7 heteroatoms. The Morgan fingerprint density at radius 1 is 1.03 bits per heavy atom. The summed E-state index contributed by atoms with van der Waals surface area (Å²) in [6.45, 7) is 1.73. The summed E-state index contributed by atoms with van der Waals surface area (Å²) in [7, 11) is -2.10. The van der Waals surface area contributed by atoms with E-state index >= 15 is 0 Å². The molecule has 0 unspecified atom stereocenters. The van der Waals surface area contributed by atoms with Crippen molar-refractivity contribution in [1.29, 1.82) is 0 Å². The number of ether oxygens (including phenoxy) is 1. The maximum atomic E-state index is 13.1. The number of rotatable bonds is 5. The molecule has 0 N–H and O–H groups in total. The summed E-state index contributed by atoms with van der Waals surface area (Å²) >= 11 is 1.54. The molecular weight excluding hydrogens is 430 g/mol. The van der Waals surface area contributed by atoms with Gasteiger partial charge >= 0.3 is 5.97 Å². The predicted octanol–water partition coefficient (Wildman–Crippen LogP) is 5.14. The van der Waals surface area contributed by atoms with Gasteiger partial charge in [0.05, 0.1) is 22.2 Å². The van der Waals surface area contributed by atoms with Crippen LogP contribution in [0.5, 0.6) is 0 Å². The van der Waals surface area contributed by atoms with Gasteiger partial charge in [-0.3, -0.25) is 0 Å². The predicted molar refractivity (Wildman–Crippen MR) is 125 cm³/mol. The molecule has 0 bridgehead atoms. The van der Waals surface area contributed by atoms with Crippen molar-refractivity contribution in [3.63, 3.8) is 0 Å². The summed E-state index contributed by atoms with van der Waals surface area (Å²) in [5, 5.41) is 3.08. The summed E-state index contributed by atoms with van der Waals surface area (Å²) < 4.78 is 31.3. The summed E-state index contributed by atoms with van der Waals surface area (Å²) in [5.41, 5.74) is 1.03. The van der Waals surface area contributed by atoms with Crippen LogP contribution in [0.2, 0.25) is 0 Å². The number of benzene rings is 3. The lowest BCUT2D eigenvalue weighted by Crippen LogP contribution is -2.17. The van der Waals surface area contributed by atoms with Gasteiger partial charge in [0.25, 0.3) is 0 Å². The van der Waals surface area contributed by atoms with Gasteiger partial charge in [-0.25, -0.2) is 13.2 Å². The highest BCUT2D eigenvalue weighted by Crippen LogP contribution is 2.48. The zero-order valence-corrected chi connectivity index (χ0v) is 18.7. The average molecular weight is 452 g/mol. The highest BCUT2D eigenvalue weighted by molar-refractivity contribution is 8.04. The number of allylic oxidation sites excluding steroid dienone is 2. The number of anilines is 1. The van der Waals surface area contributed by atoms with Crippen LogP contribution in [0.3, 0.4) is 0 Å². The molecule has 0 radical (unpaired) electrons. The summed E-state index contributed by atoms with van der Waals surface area (Å²) in [6.07, 6.45) is 3.00. The van der Waals surface area contributed by atoms with E-state index in [4.69, 9.17) is 4.74 Å². The van der Waals surface area contributed by atoms with Gasteiger partial charge in [0.2, 0.25) is 9.84 Å². The van der Waals surface area contributed by atoms with Crippen LogP contribution in [0.25, 0.3) is 10.8 Å². The Morgan fingerprint density at radius 3 is 2.48 bits per heavy atom. The molecule has 0 aliphatic carbocycles. The fourth-order valence-electron chi connectivity index (χ4n) is 3.38. The van der Waals surface area contributed by atoms with Crippen LogP contribution < -0.4 is 4.90 Å². The van der Waals surface area contributed by atoms with E-state index in [2.05, 4.69) is 18.2 Å². The summed E-state index contributed by atoms with van der Waals surface area (Å²) in [6, 6.07) is 20.1. The fraction of sp³-hybridized carbons (Fsp3) is 0.125. The normalized spacial score (nSPS) is 15.4. The maximum absolute atomic E-state index is 13.1. The Bertz CT molecular complexity index is 1310. The van der Waals surface area contributed by atoms with Gasteiger partial charge < -0.3 is 9.64 Å². The van der Waals surface area contributed by atoms with E-state index in [0.29, 0.717) is 0 Å². The second kappa shape index (κ2) is 8.61. The minimum absolute atomic E-state index is 0.0504. The molecule has 0 atom stereocenters. The molecule has 0 spiro atoms. The van der Waals surface area contributed by atoms with Crippen molar-refractivity contribution in [3.8, 4) is 0 Å². The van der Waals surface area contributed by atoms with E-state index in [1.165, 1.54) is 18.2 Å². The quantitative estimate of drug-likeness (QED) is 0.395. The van der Waals surface area contributed by atoms with Gasteiger partial charge in [-0.1, -0.05) is 60.3 Å². The number of nitrogens with zero attached hydrogens (tertiary/aromatic N) is 1. The number of sulfone groups is 1. The highest BCUT2D eigenvalue weighted by atomic mass is 32.2. The van der Waals surface area contributed by atoms with Crippen molar-refractivity contribution >= 4 is 44.0 Å². The molecule has 31 heavy (non-hydrogen) atoms. The van der Waals surface area contributed by atoms with Gasteiger partial charge in [0.15, 0.2) is 4.91 Å². The minimum Gasteiger partial charge on any atom is -0.462 e. The first-order valence-electron chi connectivity index (χ1n) is 9.76. The minimum atomic E-state index is -4.02. The lowest BCUT2D eigenvalue weighted by atomic mass is 10.1. The summed E-state index contributed by atoms with van der Waals surface area (Å²) in [5.74, 6) is -0.864. The standard InChI is InChI=1S/C24H21NO4S2/c1-3-29-24(26)21(31(27,28)18-10-5-4-6-11-18)15-16-22-25(2)20-14-13-17-9-7-8-12-19(17)23(20)30-22/h4-16H,3H2,1-2H3/b21-15-,22-16-. The fourth-order valence-corrected chi connectivity index (χ4v) is 5.86. The van der Waals surface area contributed by atoms with E-state index < -0.39 is 15.8 Å². The number of esters is 1. The highest BCUT2D eigenvalue weighted by Gasteiger charge is 2.29. The van der Waals surface area contributed by atoms with Crippen LogP contribution in [0.4, 0.5) is 5.69 Å². The smallest absolute Gasteiger partial charge is 0.350 e. The molecule has 4 rings (SSSR count). The Kier molecular flexibility index (Phi) is 5.89. The van der Waals surface area contributed by atoms with Gasteiger partial charge in [-0.2, -0.15) is 0 Å². The molecule has 0 fully saturated rings. The number of carbonyl (C=O) groups excluding carboxylic acids is 1. The van der Waals surface area contributed by atoms with Crippen LogP contribution in [0, 0.1) is 0 Å². The third-order valence-electron chi connectivity index (χ3n) is 4.95. The summed E-state index contributed by atoms with van der Waals surface area (Å²) in [4.78, 5) is 15.3. The first kappa shape index (κ1) is 21.2. The van der Waals surface area contributed by atoms with E-state index in [0.717, 1.165) is 26.4 Å². The van der Waals surface area contributed by atoms with Crippen molar-refractivity contribution in [2.24, 2.45) is 0 Å². The lowest BCUT2D eigenvalue weighted by Gasteiger charge is -2.13. The first-order valence-corrected chi connectivity index (χ1v) is 12.1. The van der Waals surface area contributed by atoms with E-state index in [1.54, 1.807) is 43.0 Å². The Labute approximate surface area is 185 Å². The molecule has 0 saturated carbocycles. The van der Waals surface area contributed by atoms with Gasteiger partial charge in [-0.15, -0.1) is 0 Å². The average Bonchev–Trinajstić information content (AvgIpc) is 3.10. The second-order valence-corrected chi connectivity index (χ2v) is 9.82. The van der Waals surface area contributed by atoms with Crippen LogP contribution in [0.15, 0.2) is 98.6 Å². The van der Waals surface area contributed by atoms with E-state index in [9.17, 15) is 13.2 Å². The van der Waals surface area contributed by atoms with Crippen molar-refractivity contribution in [1.82, 2.24) is 0 Å². The Balaban J connectivity index is 1.76. The van der Waals surface area contributed by atoms with Crippen LogP contribution in [-0.2, 0) is 19.4 Å². The maximum Gasteiger partial charge on any atom is 0.350 e. The number of thioether (sulfide) groups is 1. The van der Waals surface area contributed by atoms with Crippen molar-refractivity contribution in [2.45, 2.75) is 16.7 Å². The molecular formula is C24H21NO4S2. The SMILES string of the molecule is CCOC(=O)/C(=C/C=C1\Sc2c(ccc3ccccc23)N1C)S(=O)(=O)c1ccccc1. The van der Waals surface area contributed by atoms with Gasteiger partial charge in [0.1, 0.15) is 0 Å². The Morgan fingerprint density at radius 2 is 1.74 bits per heavy atom. The molecule has 158 valence electrons. The first-order chi connectivity index (χ1) is 14.9. The molecule has 1 aliphatic rings. The van der Waals surface area contributed by atoms with E-state index in [-0.39, 0.29) is 16.4 Å². The molecule has 0 amide bonds. The number of hydrogen-bond acceptors (Lipinski definition) is 6. The third-order valence-corrected chi connectivity index (χ3v) is 7.98. The molecule has 1 aliphatic heterocycles. The number of fused-ring (bicyclic) bond motifs is 3. The van der Waals surface area contributed by atoms with Crippen molar-refractivity contribution in [2.75, 3.05) is 18.6 Å². The molecule has 0 aromatic heterocycles. The van der Waals surface area contributed by atoms with Crippen LogP contribution in [0.1, 0.15) is 6.92 Å². The molecule has 0 saturated heterocycles. The van der Waals surface area contributed by atoms with Crippen LogP contribution in [-0.4, -0.2) is 28.0 Å². The largest absolute Gasteiger partial charge is 0.462 e. The lowest BCUT2D eigenvalue weighted by molar-refractivity contribution is -0.137. The Hall–Kier alpha value is -3.03. The van der Waals surface area contributed by atoms with Crippen LogP contribution >= 0.6 is 11.8 Å². The third kappa shape index (κ3) is 3.98. The number of hydrogen-bond donors (Lipinski definition) is 0. The van der Waals surface area contributed by atoms with Crippen molar-refractivity contribution in [3.05, 3.63) is 88.8 Å². The molecule has 3 aromatic rings.